The van der Waals surface area contributed by atoms with E-state index in [1.807, 2.05) is 0 Å². The lowest BCUT2D eigenvalue weighted by atomic mass is 10.0. The summed E-state index contributed by atoms with van der Waals surface area (Å²) in [5.41, 5.74) is 5.68. The zero-order chi connectivity index (χ0) is 14.0. The first kappa shape index (κ1) is 12.5. The number of nitrogen functional groups attached to an aromatic ring is 1. The summed E-state index contributed by atoms with van der Waals surface area (Å²) in [5.74, 6) is 0. The fourth-order valence-electron chi connectivity index (χ4n) is 1.74. The molecule has 0 saturated carbocycles. The van der Waals surface area contributed by atoms with Gasteiger partial charge in [0, 0.05) is 11.6 Å². The molecule has 0 radical (unpaired) electrons. The van der Waals surface area contributed by atoms with E-state index in [4.69, 9.17) is 5.73 Å². The first-order valence-corrected chi connectivity index (χ1v) is 5.28. The first-order chi connectivity index (χ1) is 9.00. The molecule has 7 heteroatoms. The Bertz CT molecular complexity index is 656. The van der Waals surface area contributed by atoms with Crippen molar-refractivity contribution in [3.8, 4) is 11.1 Å². The normalized spacial score (nSPS) is 10.1. The third-order valence-electron chi connectivity index (χ3n) is 2.64. The van der Waals surface area contributed by atoms with E-state index in [0.29, 0.717) is 5.56 Å². The molecule has 0 fully saturated rings. The molecular weight excluding hydrogens is 250 g/mol. The lowest BCUT2D eigenvalue weighted by Crippen LogP contribution is -2.00. The molecule has 0 bridgehead atoms. The van der Waals surface area contributed by atoms with E-state index in [0.717, 1.165) is 6.07 Å². The SMILES string of the molecule is Nc1c(-c2ccccc2)cc([N+](=O)[O-])cc1[N+](=O)[O-]. The topological polar surface area (TPSA) is 112 Å². The maximum absolute atomic E-state index is 10.9. The number of nitro benzene ring substituents is 2. The van der Waals surface area contributed by atoms with Crippen molar-refractivity contribution in [1.82, 2.24) is 0 Å². The summed E-state index contributed by atoms with van der Waals surface area (Å²) in [6.45, 7) is 0. The molecule has 0 aliphatic rings. The van der Waals surface area contributed by atoms with Crippen LogP contribution in [0.15, 0.2) is 42.5 Å². The zero-order valence-corrected chi connectivity index (χ0v) is 9.65. The van der Waals surface area contributed by atoms with Crippen LogP contribution in [0.3, 0.4) is 0 Å². The Hall–Kier alpha value is -2.96. The largest absolute Gasteiger partial charge is 0.393 e. The van der Waals surface area contributed by atoms with Crippen molar-refractivity contribution in [3.63, 3.8) is 0 Å². The Morgan fingerprint density at radius 1 is 0.947 bits per heavy atom. The Morgan fingerprint density at radius 3 is 2.11 bits per heavy atom. The van der Waals surface area contributed by atoms with Gasteiger partial charge >= 0.3 is 0 Å². The number of hydrogen-bond donors (Lipinski definition) is 1. The number of nitrogens with zero attached hydrogens (tertiary/aromatic N) is 2. The molecule has 7 nitrogen and oxygen atoms in total. The Kier molecular flexibility index (Phi) is 3.11. The van der Waals surface area contributed by atoms with Gasteiger partial charge in [-0.3, -0.25) is 20.2 Å². The summed E-state index contributed by atoms with van der Waals surface area (Å²) in [7, 11) is 0. The maximum atomic E-state index is 10.9. The number of anilines is 1. The van der Waals surface area contributed by atoms with Crippen molar-refractivity contribution in [1.29, 1.82) is 0 Å². The average molecular weight is 259 g/mol. The summed E-state index contributed by atoms with van der Waals surface area (Å²) in [6.07, 6.45) is 0. The zero-order valence-electron chi connectivity index (χ0n) is 9.65. The van der Waals surface area contributed by atoms with E-state index in [2.05, 4.69) is 0 Å². The van der Waals surface area contributed by atoms with Crippen molar-refractivity contribution in [2.75, 3.05) is 5.73 Å². The molecule has 2 aromatic carbocycles. The van der Waals surface area contributed by atoms with Gasteiger partial charge in [0.05, 0.1) is 15.9 Å². The molecule has 2 rings (SSSR count). The fourth-order valence-corrected chi connectivity index (χ4v) is 1.74. The summed E-state index contributed by atoms with van der Waals surface area (Å²) < 4.78 is 0. The minimum atomic E-state index is -0.727. The monoisotopic (exact) mass is 259 g/mol. The van der Waals surface area contributed by atoms with Crippen molar-refractivity contribution >= 4 is 17.1 Å². The van der Waals surface area contributed by atoms with Gasteiger partial charge in [0.15, 0.2) is 0 Å². The minimum Gasteiger partial charge on any atom is -0.393 e. The van der Waals surface area contributed by atoms with Crippen molar-refractivity contribution < 1.29 is 9.85 Å². The Morgan fingerprint density at radius 2 is 1.58 bits per heavy atom. The first-order valence-electron chi connectivity index (χ1n) is 5.28. The maximum Gasteiger partial charge on any atom is 0.299 e. The van der Waals surface area contributed by atoms with Gasteiger partial charge in [-0.25, -0.2) is 0 Å². The molecule has 0 unspecified atom stereocenters. The van der Waals surface area contributed by atoms with E-state index in [9.17, 15) is 20.2 Å². The standard InChI is InChI=1S/C12H9N3O4/c13-12-10(8-4-2-1-3-5-8)6-9(14(16)17)7-11(12)15(18)19/h1-7H,13H2. The molecule has 2 N–H and O–H groups in total. The van der Waals surface area contributed by atoms with Gasteiger partial charge < -0.3 is 5.73 Å². The Labute approximate surface area is 107 Å². The van der Waals surface area contributed by atoms with Crippen molar-refractivity contribution in [2.45, 2.75) is 0 Å². The molecule has 0 heterocycles. The summed E-state index contributed by atoms with van der Waals surface area (Å²) in [6, 6.07) is 10.7. The molecule has 0 saturated heterocycles. The molecular formula is C12H9N3O4. The van der Waals surface area contributed by atoms with E-state index < -0.39 is 15.5 Å². The van der Waals surface area contributed by atoms with Crippen LogP contribution in [-0.2, 0) is 0 Å². The smallest absolute Gasteiger partial charge is 0.299 e. The van der Waals surface area contributed by atoms with Crippen LogP contribution in [0.5, 0.6) is 0 Å². The molecule has 0 aromatic heterocycles. The fraction of sp³-hybridized carbons (Fsp3) is 0. The summed E-state index contributed by atoms with van der Waals surface area (Å²) >= 11 is 0. The highest BCUT2D eigenvalue weighted by Gasteiger charge is 2.22. The summed E-state index contributed by atoms with van der Waals surface area (Å²) in [4.78, 5) is 20.3. The van der Waals surface area contributed by atoms with Gasteiger partial charge in [0.2, 0.25) is 0 Å². The van der Waals surface area contributed by atoms with Crippen LogP contribution in [0, 0.1) is 20.2 Å². The predicted octanol–water partition coefficient (Wildman–Crippen LogP) is 2.75. The molecule has 96 valence electrons. The molecule has 0 spiro atoms. The Balaban J connectivity index is 2.73. The third kappa shape index (κ3) is 2.34. The second kappa shape index (κ2) is 4.73. The number of benzene rings is 2. The van der Waals surface area contributed by atoms with E-state index in [1.54, 1.807) is 30.3 Å². The van der Waals surface area contributed by atoms with Crippen LogP contribution in [0.1, 0.15) is 0 Å². The number of non-ortho nitro benzene ring substituents is 1. The van der Waals surface area contributed by atoms with E-state index >= 15 is 0 Å². The molecule has 19 heavy (non-hydrogen) atoms. The van der Waals surface area contributed by atoms with Gasteiger partial charge in [-0.05, 0) is 5.56 Å². The average Bonchev–Trinajstić information content (AvgIpc) is 2.39. The van der Waals surface area contributed by atoms with Crippen LogP contribution in [-0.4, -0.2) is 9.85 Å². The lowest BCUT2D eigenvalue weighted by molar-refractivity contribution is -0.393. The molecule has 0 atom stereocenters. The van der Waals surface area contributed by atoms with E-state index in [1.165, 1.54) is 6.07 Å². The number of rotatable bonds is 3. The molecule has 0 aliphatic heterocycles. The second-order valence-electron chi connectivity index (χ2n) is 3.81. The van der Waals surface area contributed by atoms with E-state index in [-0.39, 0.29) is 16.9 Å². The van der Waals surface area contributed by atoms with Gasteiger partial charge in [0.1, 0.15) is 5.69 Å². The van der Waals surface area contributed by atoms with Gasteiger partial charge in [-0.15, -0.1) is 0 Å². The third-order valence-corrected chi connectivity index (χ3v) is 2.64. The molecule has 0 aliphatic carbocycles. The van der Waals surface area contributed by atoms with Crippen LogP contribution >= 0.6 is 0 Å². The number of nitro groups is 2. The minimum absolute atomic E-state index is 0.0817. The molecule has 0 amide bonds. The van der Waals surface area contributed by atoms with Crippen molar-refractivity contribution in [3.05, 3.63) is 62.7 Å². The second-order valence-corrected chi connectivity index (χ2v) is 3.81. The number of hydrogen-bond acceptors (Lipinski definition) is 5. The van der Waals surface area contributed by atoms with Crippen LogP contribution in [0.4, 0.5) is 17.1 Å². The molecule has 2 aromatic rings. The lowest BCUT2D eigenvalue weighted by Gasteiger charge is -2.06. The van der Waals surface area contributed by atoms with Crippen LogP contribution in [0.2, 0.25) is 0 Å². The van der Waals surface area contributed by atoms with Crippen molar-refractivity contribution in [2.24, 2.45) is 0 Å². The van der Waals surface area contributed by atoms with Gasteiger partial charge in [-0.2, -0.15) is 0 Å². The van der Waals surface area contributed by atoms with Crippen LogP contribution < -0.4 is 5.73 Å². The van der Waals surface area contributed by atoms with Crippen LogP contribution in [0.25, 0.3) is 11.1 Å². The quantitative estimate of drug-likeness (QED) is 0.517. The predicted molar refractivity (Wildman–Crippen MR) is 69.6 cm³/mol. The highest BCUT2D eigenvalue weighted by molar-refractivity contribution is 5.84. The summed E-state index contributed by atoms with van der Waals surface area (Å²) in [5, 5.41) is 21.7. The highest BCUT2D eigenvalue weighted by Crippen LogP contribution is 2.36. The highest BCUT2D eigenvalue weighted by atomic mass is 16.6. The van der Waals surface area contributed by atoms with Gasteiger partial charge in [-0.1, -0.05) is 30.3 Å². The van der Waals surface area contributed by atoms with Gasteiger partial charge in [0.25, 0.3) is 11.4 Å². The number of nitrogens with two attached hydrogens (primary N) is 1.